The topological polar surface area (TPSA) is 60.9 Å². The maximum Gasteiger partial charge on any atom is 0.157 e. The molecular formula is C9H13N3O. The van der Waals surface area contributed by atoms with Crippen molar-refractivity contribution in [1.29, 1.82) is 0 Å². The smallest absolute Gasteiger partial charge is 0.157 e. The molecule has 0 aliphatic heterocycles. The van der Waals surface area contributed by atoms with Gasteiger partial charge in [0.15, 0.2) is 5.78 Å². The molecule has 1 aromatic rings. The van der Waals surface area contributed by atoms with Crippen molar-refractivity contribution in [2.45, 2.75) is 24.8 Å². The van der Waals surface area contributed by atoms with Crippen LogP contribution in [0.3, 0.4) is 0 Å². The third-order valence-electron chi connectivity index (χ3n) is 2.47. The van der Waals surface area contributed by atoms with Gasteiger partial charge < -0.3 is 5.73 Å². The number of Topliss-reactive ketones (excluding diaryl/α,β-unsaturated/α-hetero) is 1. The van der Waals surface area contributed by atoms with Crippen LogP contribution in [0.25, 0.3) is 0 Å². The Hall–Kier alpha value is -1.16. The van der Waals surface area contributed by atoms with Gasteiger partial charge in [0.1, 0.15) is 0 Å². The molecule has 0 bridgehead atoms. The Kier molecular flexibility index (Phi) is 1.73. The van der Waals surface area contributed by atoms with Crippen LogP contribution in [0.2, 0.25) is 0 Å². The Morgan fingerprint density at radius 2 is 2.46 bits per heavy atom. The highest BCUT2D eigenvalue weighted by atomic mass is 16.1. The quantitative estimate of drug-likeness (QED) is 0.711. The second kappa shape index (κ2) is 2.67. The van der Waals surface area contributed by atoms with Gasteiger partial charge in [-0.05, 0) is 18.4 Å². The first-order chi connectivity index (χ1) is 6.10. The van der Waals surface area contributed by atoms with Crippen LogP contribution in [0.5, 0.6) is 0 Å². The van der Waals surface area contributed by atoms with Crippen LogP contribution in [0.4, 0.5) is 0 Å². The fourth-order valence-corrected chi connectivity index (χ4v) is 1.34. The fraction of sp³-hybridized carbons (Fsp3) is 0.556. The number of hydrogen-bond acceptors (Lipinski definition) is 3. The summed E-state index contributed by atoms with van der Waals surface area (Å²) in [5, 5.41) is 4.00. The number of aryl methyl sites for hydroxylation is 1. The first-order valence-electron chi connectivity index (χ1n) is 4.40. The predicted octanol–water partition coefficient (Wildman–Crippen LogP) is 0.0230. The zero-order valence-corrected chi connectivity index (χ0v) is 7.66. The zero-order chi connectivity index (χ0) is 9.47. The average molecular weight is 179 g/mol. The van der Waals surface area contributed by atoms with Crippen molar-refractivity contribution < 1.29 is 4.79 Å². The van der Waals surface area contributed by atoms with Gasteiger partial charge in [-0.25, -0.2) is 0 Å². The van der Waals surface area contributed by atoms with Gasteiger partial charge in [0.2, 0.25) is 0 Å². The number of carbonyl (C=O) groups excluding carboxylic acids is 1. The van der Waals surface area contributed by atoms with Crippen molar-refractivity contribution >= 4 is 5.78 Å². The first kappa shape index (κ1) is 8.44. The van der Waals surface area contributed by atoms with E-state index in [0.29, 0.717) is 6.42 Å². The van der Waals surface area contributed by atoms with E-state index in [0.717, 1.165) is 18.4 Å². The van der Waals surface area contributed by atoms with Gasteiger partial charge in [0, 0.05) is 19.7 Å². The summed E-state index contributed by atoms with van der Waals surface area (Å²) in [6.45, 7) is 0. The zero-order valence-electron chi connectivity index (χ0n) is 7.66. The fourth-order valence-electron chi connectivity index (χ4n) is 1.34. The second-order valence-corrected chi connectivity index (χ2v) is 3.78. The summed E-state index contributed by atoms with van der Waals surface area (Å²) in [7, 11) is 1.84. The van der Waals surface area contributed by atoms with Crippen molar-refractivity contribution in [2.24, 2.45) is 12.8 Å². The van der Waals surface area contributed by atoms with E-state index in [1.807, 2.05) is 13.2 Å². The summed E-state index contributed by atoms with van der Waals surface area (Å²) in [4.78, 5) is 11.5. The summed E-state index contributed by atoms with van der Waals surface area (Å²) in [6.07, 6.45) is 5.66. The second-order valence-electron chi connectivity index (χ2n) is 3.78. The highest BCUT2D eigenvalue weighted by Gasteiger charge is 2.45. The molecule has 1 aromatic heterocycles. The minimum absolute atomic E-state index is 0.139. The van der Waals surface area contributed by atoms with Crippen LogP contribution in [0.15, 0.2) is 12.4 Å². The molecule has 1 heterocycles. The minimum atomic E-state index is -0.504. The Bertz CT molecular complexity index is 338. The maximum absolute atomic E-state index is 11.5. The normalized spacial score (nSPS) is 18.6. The molecule has 0 radical (unpaired) electrons. The molecule has 1 saturated carbocycles. The Morgan fingerprint density at radius 1 is 1.77 bits per heavy atom. The van der Waals surface area contributed by atoms with Crippen molar-refractivity contribution in [3.05, 3.63) is 18.0 Å². The number of carbonyl (C=O) groups is 1. The molecule has 2 N–H and O–H groups in total. The molecule has 0 saturated heterocycles. The molecule has 1 fully saturated rings. The van der Waals surface area contributed by atoms with Gasteiger partial charge in [-0.3, -0.25) is 9.48 Å². The van der Waals surface area contributed by atoms with Crippen LogP contribution in [0, 0.1) is 0 Å². The first-order valence-corrected chi connectivity index (χ1v) is 4.40. The summed E-state index contributed by atoms with van der Waals surface area (Å²) >= 11 is 0. The highest BCUT2D eigenvalue weighted by molar-refractivity contribution is 5.92. The monoisotopic (exact) mass is 179 g/mol. The predicted molar refractivity (Wildman–Crippen MR) is 48.1 cm³/mol. The SMILES string of the molecule is Cn1cc(CC(=O)C2(N)CC2)cn1. The summed E-state index contributed by atoms with van der Waals surface area (Å²) < 4.78 is 1.69. The molecule has 0 unspecified atom stereocenters. The van der Waals surface area contributed by atoms with Crippen LogP contribution in [-0.2, 0) is 18.3 Å². The molecule has 13 heavy (non-hydrogen) atoms. The van der Waals surface area contributed by atoms with Crippen molar-refractivity contribution in [3.63, 3.8) is 0 Å². The number of nitrogens with two attached hydrogens (primary N) is 1. The van der Waals surface area contributed by atoms with Crippen molar-refractivity contribution in [2.75, 3.05) is 0 Å². The maximum atomic E-state index is 11.5. The highest BCUT2D eigenvalue weighted by Crippen LogP contribution is 2.33. The van der Waals surface area contributed by atoms with E-state index >= 15 is 0 Å². The number of nitrogens with zero attached hydrogens (tertiary/aromatic N) is 2. The van der Waals surface area contributed by atoms with Crippen LogP contribution in [-0.4, -0.2) is 21.1 Å². The Labute approximate surface area is 76.7 Å². The molecule has 1 aliphatic rings. The van der Waals surface area contributed by atoms with Crippen LogP contribution in [0.1, 0.15) is 18.4 Å². The van der Waals surface area contributed by atoms with E-state index in [9.17, 15) is 4.79 Å². The van der Waals surface area contributed by atoms with Gasteiger partial charge in [0.25, 0.3) is 0 Å². The molecule has 0 aromatic carbocycles. The summed E-state index contributed by atoms with van der Waals surface area (Å²) in [6, 6.07) is 0. The van der Waals surface area contributed by atoms with E-state index < -0.39 is 5.54 Å². The Balaban J connectivity index is 2.02. The number of rotatable bonds is 3. The summed E-state index contributed by atoms with van der Waals surface area (Å²) in [5.74, 6) is 0.139. The number of hydrogen-bond donors (Lipinski definition) is 1. The Morgan fingerprint density at radius 3 is 2.92 bits per heavy atom. The molecule has 2 rings (SSSR count). The lowest BCUT2D eigenvalue weighted by Gasteiger charge is -2.04. The molecule has 4 heteroatoms. The van der Waals surface area contributed by atoms with Crippen LogP contribution < -0.4 is 5.73 Å². The lowest BCUT2D eigenvalue weighted by molar-refractivity contribution is -0.120. The molecule has 1 aliphatic carbocycles. The van der Waals surface area contributed by atoms with Crippen molar-refractivity contribution in [3.8, 4) is 0 Å². The van der Waals surface area contributed by atoms with E-state index in [-0.39, 0.29) is 5.78 Å². The third kappa shape index (κ3) is 1.62. The molecule has 0 amide bonds. The number of aromatic nitrogens is 2. The molecule has 4 nitrogen and oxygen atoms in total. The van der Waals surface area contributed by atoms with Crippen molar-refractivity contribution in [1.82, 2.24) is 9.78 Å². The standard InChI is InChI=1S/C9H13N3O/c1-12-6-7(5-11-12)4-8(13)9(10)2-3-9/h5-6H,2-4,10H2,1H3. The molecular weight excluding hydrogens is 166 g/mol. The van der Waals surface area contributed by atoms with Gasteiger partial charge in [-0.1, -0.05) is 0 Å². The van der Waals surface area contributed by atoms with E-state index in [1.54, 1.807) is 10.9 Å². The van der Waals surface area contributed by atoms with E-state index in [1.165, 1.54) is 0 Å². The summed E-state index contributed by atoms with van der Waals surface area (Å²) in [5.41, 5.74) is 6.21. The molecule has 0 atom stereocenters. The molecule has 0 spiro atoms. The van der Waals surface area contributed by atoms with E-state index in [2.05, 4.69) is 5.10 Å². The van der Waals surface area contributed by atoms with E-state index in [4.69, 9.17) is 5.73 Å². The third-order valence-corrected chi connectivity index (χ3v) is 2.47. The minimum Gasteiger partial charge on any atom is -0.319 e. The van der Waals surface area contributed by atoms with Crippen LogP contribution >= 0.6 is 0 Å². The molecule has 70 valence electrons. The number of ketones is 1. The lowest BCUT2D eigenvalue weighted by Crippen LogP contribution is -2.33. The van der Waals surface area contributed by atoms with Gasteiger partial charge in [-0.2, -0.15) is 5.10 Å². The van der Waals surface area contributed by atoms with Gasteiger partial charge >= 0.3 is 0 Å². The largest absolute Gasteiger partial charge is 0.319 e. The van der Waals surface area contributed by atoms with Gasteiger partial charge in [0.05, 0.1) is 11.7 Å². The lowest BCUT2D eigenvalue weighted by atomic mass is 10.1. The average Bonchev–Trinajstić information content (AvgIpc) is 2.69. The van der Waals surface area contributed by atoms with Gasteiger partial charge in [-0.15, -0.1) is 0 Å².